The second-order valence-electron chi connectivity index (χ2n) is 4.53. The van der Waals surface area contributed by atoms with Crippen LogP contribution in [-0.4, -0.2) is 23.9 Å². The van der Waals surface area contributed by atoms with E-state index in [4.69, 9.17) is 0 Å². The van der Waals surface area contributed by atoms with Crippen LogP contribution in [0, 0.1) is 5.41 Å². The van der Waals surface area contributed by atoms with Gasteiger partial charge in [0.15, 0.2) is 0 Å². The Kier molecular flexibility index (Phi) is 3.12. The van der Waals surface area contributed by atoms with E-state index >= 15 is 0 Å². The third-order valence-electron chi connectivity index (χ3n) is 2.52. The van der Waals surface area contributed by atoms with Crippen LogP contribution in [0.3, 0.4) is 0 Å². The molecule has 2 nitrogen and oxygen atoms in total. The number of rotatable bonds is 1. The summed E-state index contributed by atoms with van der Waals surface area (Å²) in [6.07, 6.45) is 5.83. The fraction of sp³-hybridized carbons (Fsp3) is 0.727. The zero-order valence-corrected chi connectivity index (χ0v) is 8.84. The summed E-state index contributed by atoms with van der Waals surface area (Å²) in [4.78, 5) is 13.5. The number of amides is 1. The van der Waals surface area contributed by atoms with Crippen molar-refractivity contribution in [3.63, 3.8) is 0 Å². The lowest BCUT2D eigenvalue weighted by atomic mass is 9.84. The summed E-state index contributed by atoms with van der Waals surface area (Å²) < 4.78 is 0. The zero-order chi connectivity index (χ0) is 9.90. The van der Waals surface area contributed by atoms with Crippen LogP contribution in [0.1, 0.15) is 33.6 Å². The van der Waals surface area contributed by atoms with Gasteiger partial charge in [-0.05, 0) is 31.3 Å². The molecule has 1 aliphatic heterocycles. The van der Waals surface area contributed by atoms with Gasteiger partial charge in [0.05, 0.1) is 0 Å². The van der Waals surface area contributed by atoms with Gasteiger partial charge in [-0.15, -0.1) is 0 Å². The topological polar surface area (TPSA) is 20.3 Å². The average Bonchev–Trinajstić information content (AvgIpc) is 2.03. The van der Waals surface area contributed by atoms with Crippen LogP contribution in [0.2, 0.25) is 0 Å². The minimum Gasteiger partial charge on any atom is -0.339 e. The van der Waals surface area contributed by atoms with Gasteiger partial charge in [0.2, 0.25) is 5.91 Å². The molecule has 0 aromatic carbocycles. The molecule has 1 saturated heterocycles. The smallest absolute Gasteiger partial charge is 0.246 e. The first-order valence-corrected chi connectivity index (χ1v) is 4.97. The fourth-order valence-corrected chi connectivity index (χ4v) is 1.86. The molecule has 0 aromatic rings. The largest absolute Gasteiger partial charge is 0.339 e. The number of hydrogen-bond donors (Lipinski definition) is 0. The van der Waals surface area contributed by atoms with Gasteiger partial charge in [-0.25, -0.2) is 0 Å². The Morgan fingerprint density at radius 2 is 2.15 bits per heavy atom. The lowest BCUT2D eigenvalue weighted by molar-refractivity contribution is -0.128. The van der Waals surface area contributed by atoms with E-state index < -0.39 is 0 Å². The molecule has 1 aliphatic rings. The minimum absolute atomic E-state index is 0.162. The fourth-order valence-electron chi connectivity index (χ4n) is 1.86. The summed E-state index contributed by atoms with van der Waals surface area (Å²) in [6.45, 7) is 8.15. The molecule has 2 heteroatoms. The van der Waals surface area contributed by atoms with Gasteiger partial charge < -0.3 is 4.90 Å². The second-order valence-corrected chi connectivity index (χ2v) is 4.53. The van der Waals surface area contributed by atoms with Crippen molar-refractivity contribution < 1.29 is 4.79 Å². The molecule has 0 aromatic heterocycles. The van der Waals surface area contributed by atoms with Gasteiger partial charge in [-0.2, -0.15) is 0 Å². The minimum atomic E-state index is 0.162. The van der Waals surface area contributed by atoms with Crippen molar-refractivity contribution in [1.82, 2.24) is 4.90 Å². The number of hydrogen-bond acceptors (Lipinski definition) is 1. The molecule has 0 unspecified atom stereocenters. The van der Waals surface area contributed by atoms with Crippen LogP contribution in [0.25, 0.3) is 0 Å². The summed E-state index contributed by atoms with van der Waals surface area (Å²) >= 11 is 0. The van der Waals surface area contributed by atoms with E-state index in [9.17, 15) is 4.79 Å². The predicted octanol–water partition coefficient (Wildman–Crippen LogP) is 2.21. The molecule has 1 amide bonds. The van der Waals surface area contributed by atoms with Crippen LogP contribution in [0.4, 0.5) is 0 Å². The number of likely N-dealkylation sites (tertiary alicyclic amines) is 1. The maximum atomic E-state index is 11.5. The first kappa shape index (κ1) is 10.3. The predicted molar refractivity (Wildman–Crippen MR) is 54.4 cm³/mol. The Bertz CT molecular complexity index is 218. The van der Waals surface area contributed by atoms with Crippen molar-refractivity contribution in [3.05, 3.63) is 12.2 Å². The van der Waals surface area contributed by atoms with Crippen LogP contribution in [0.15, 0.2) is 12.2 Å². The second kappa shape index (κ2) is 3.95. The molecule has 0 radical (unpaired) electrons. The van der Waals surface area contributed by atoms with Crippen LogP contribution >= 0.6 is 0 Å². The monoisotopic (exact) mass is 181 g/mol. The third kappa shape index (κ3) is 2.87. The summed E-state index contributed by atoms with van der Waals surface area (Å²) in [5.41, 5.74) is 0.301. The lowest BCUT2D eigenvalue weighted by Crippen LogP contribution is -2.42. The number of nitrogens with zero attached hydrogens (tertiary/aromatic N) is 1. The normalized spacial score (nSPS) is 22.2. The highest BCUT2D eigenvalue weighted by Crippen LogP contribution is 2.28. The van der Waals surface area contributed by atoms with Crippen molar-refractivity contribution >= 4 is 5.91 Å². The maximum Gasteiger partial charge on any atom is 0.246 e. The van der Waals surface area contributed by atoms with Crippen molar-refractivity contribution in [1.29, 1.82) is 0 Å². The molecule has 0 spiro atoms. The molecule has 0 N–H and O–H groups in total. The summed E-state index contributed by atoms with van der Waals surface area (Å²) in [5, 5.41) is 0. The van der Waals surface area contributed by atoms with E-state index in [1.165, 1.54) is 6.42 Å². The van der Waals surface area contributed by atoms with Crippen molar-refractivity contribution in [2.45, 2.75) is 33.6 Å². The molecular weight excluding hydrogens is 162 g/mol. The number of piperidine rings is 1. The van der Waals surface area contributed by atoms with Gasteiger partial charge >= 0.3 is 0 Å². The summed E-state index contributed by atoms with van der Waals surface area (Å²) in [5.74, 6) is 0.162. The van der Waals surface area contributed by atoms with Gasteiger partial charge in [0.25, 0.3) is 0 Å². The number of allylic oxidation sites excluding steroid dienone is 1. The average molecular weight is 181 g/mol. The molecule has 0 bridgehead atoms. The first-order valence-electron chi connectivity index (χ1n) is 4.97. The first-order chi connectivity index (χ1) is 6.05. The van der Waals surface area contributed by atoms with Gasteiger partial charge in [-0.3, -0.25) is 4.79 Å². The molecule has 74 valence electrons. The molecule has 13 heavy (non-hydrogen) atoms. The van der Waals surface area contributed by atoms with Crippen LogP contribution in [0.5, 0.6) is 0 Å². The molecule has 0 aliphatic carbocycles. The quantitative estimate of drug-likeness (QED) is 0.568. The van der Waals surface area contributed by atoms with Crippen molar-refractivity contribution in [2.24, 2.45) is 5.41 Å². The van der Waals surface area contributed by atoms with E-state index in [1.54, 1.807) is 6.08 Å². The van der Waals surface area contributed by atoms with Gasteiger partial charge in [-0.1, -0.05) is 19.9 Å². The molecule has 1 heterocycles. The van der Waals surface area contributed by atoms with E-state index in [2.05, 4.69) is 13.8 Å². The van der Waals surface area contributed by atoms with E-state index in [0.717, 1.165) is 19.5 Å². The number of carbonyl (C=O) groups excluding carboxylic acids is 1. The number of carbonyl (C=O) groups is 1. The SMILES string of the molecule is CC=CC(=O)N1CCCC(C)(C)C1. The van der Waals surface area contributed by atoms with E-state index in [0.29, 0.717) is 5.41 Å². The molecular formula is C11H19NO. The molecule has 1 rings (SSSR count). The Morgan fingerprint density at radius 3 is 2.69 bits per heavy atom. The maximum absolute atomic E-state index is 11.5. The Morgan fingerprint density at radius 1 is 1.46 bits per heavy atom. The lowest BCUT2D eigenvalue weighted by Gasteiger charge is -2.37. The Labute approximate surface area is 80.6 Å². The standard InChI is InChI=1S/C11H19NO/c1-4-6-10(13)12-8-5-7-11(2,3)9-12/h4,6H,5,7-9H2,1-3H3. The van der Waals surface area contributed by atoms with Crippen molar-refractivity contribution in [3.8, 4) is 0 Å². The van der Waals surface area contributed by atoms with E-state index in [-0.39, 0.29) is 5.91 Å². The van der Waals surface area contributed by atoms with Gasteiger partial charge in [0, 0.05) is 13.1 Å². The zero-order valence-electron chi connectivity index (χ0n) is 8.84. The molecule has 0 atom stereocenters. The highest BCUT2D eigenvalue weighted by Gasteiger charge is 2.27. The summed E-state index contributed by atoms with van der Waals surface area (Å²) in [7, 11) is 0. The Balaban J connectivity index is 2.56. The molecule has 0 saturated carbocycles. The Hall–Kier alpha value is -0.790. The highest BCUT2D eigenvalue weighted by atomic mass is 16.2. The van der Waals surface area contributed by atoms with Crippen molar-refractivity contribution in [2.75, 3.05) is 13.1 Å². The van der Waals surface area contributed by atoms with Crippen LogP contribution in [-0.2, 0) is 4.79 Å². The third-order valence-corrected chi connectivity index (χ3v) is 2.52. The molecule has 1 fully saturated rings. The summed E-state index contributed by atoms with van der Waals surface area (Å²) in [6, 6.07) is 0. The van der Waals surface area contributed by atoms with Gasteiger partial charge in [0.1, 0.15) is 0 Å². The highest BCUT2D eigenvalue weighted by molar-refractivity contribution is 5.87. The van der Waals surface area contributed by atoms with Crippen LogP contribution < -0.4 is 0 Å². The van der Waals surface area contributed by atoms with E-state index in [1.807, 2.05) is 17.9 Å².